The highest BCUT2D eigenvalue weighted by atomic mass is 16.2. The molecule has 4 heteroatoms. The zero-order valence-corrected chi connectivity index (χ0v) is 13.5. The van der Waals surface area contributed by atoms with Gasteiger partial charge in [0.05, 0.1) is 0 Å². The Morgan fingerprint density at radius 1 is 0.955 bits per heavy atom. The summed E-state index contributed by atoms with van der Waals surface area (Å²) in [6.45, 7) is 4.46. The number of hydrogen-bond acceptors (Lipinski definition) is 3. The number of nitrogens with two attached hydrogens (primary N) is 1. The lowest BCUT2D eigenvalue weighted by atomic mass is 10.1. The number of nitrogens with zero attached hydrogens (tertiary/aromatic N) is 2. The van der Waals surface area contributed by atoms with Gasteiger partial charge in [-0.05, 0) is 37.9 Å². The van der Waals surface area contributed by atoms with E-state index in [1.165, 1.54) is 5.69 Å². The highest BCUT2D eigenvalue weighted by Gasteiger charge is 2.18. The van der Waals surface area contributed by atoms with Crippen LogP contribution in [-0.4, -0.2) is 43.5 Å². The molecule has 1 aliphatic heterocycles. The number of rotatable bonds is 7. The molecule has 0 spiro atoms. The molecule has 122 valence electrons. The molecule has 1 heterocycles. The largest absolute Gasteiger partial charge is 0.370 e. The van der Waals surface area contributed by atoms with Gasteiger partial charge in [0, 0.05) is 38.3 Å². The lowest BCUT2D eigenvalue weighted by molar-refractivity contribution is -0.131. The van der Waals surface area contributed by atoms with Gasteiger partial charge in [-0.25, -0.2) is 0 Å². The number of unbranched alkanes of at least 4 members (excludes halogenated alkanes) is 3. The Labute approximate surface area is 134 Å². The molecular formula is C18H29N3O. The Bertz CT molecular complexity index is 435. The van der Waals surface area contributed by atoms with Gasteiger partial charge in [-0.2, -0.15) is 0 Å². The molecule has 1 fully saturated rings. The van der Waals surface area contributed by atoms with Crippen molar-refractivity contribution in [3.8, 4) is 0 Å². The maximum Gasteiger partial charge on any atom is 0.222 e. The number of para-hydroxylation sites is 1. The molecule has 0 aliphatic carbocycles. The Balaban J connectivity index is 1.74. The van der Waals surface area contributed by atoms with Crippen molar-refractivity contribution >= 4 is 11.6 Å². The van der Waals surface area contributed by atoms with Crippen molar-refractivity contribution in [2.45, 2.75) is 38.5 Å². The lowest BCUT2D eigenvalue weighted by Crippen LogP contribution is -2.35. The molecule has 1 aromatic carbocycles. The first-order valence-corrected chi connectivity index (χ1v) is 8.59. The van der Waals surface area contributed by atoms with Crippen molar-refractivity contribution in [1.82, 2.24) is 4.90 Å². The highest BCUT2D eigenvalue weighted by molar-refractivity contribution is 5.76. The van der Waals surface area contributed by atoms with Crippen LogP contribution in [0, 0.1) is 0 Å². The molecule has 1 aliphatic rings. The zero-order chi connectivity index (χ0) is 15.6. The van der Waals surface area contributed by atoms with Crippen molar-refractivity contribution in [3.05, 3.63) is 30.3 Å². The van der Waals surface area contributed by atoms with Crippen molar-refractivity contribution < 1.29 is 4.79 Å². The summed E-state index contributed by atoms with van der Waals surface area (Å²) in [5.74, 6) is 0.322. The smallest absolute Gasteiger partial charge is 0.222 e. The Morgan fingerprint density at radius 3 is 2.50 bits per heavy atom. The molecule has 0 unspecified atom stereocenters. The maximum absolute atomic E-state index is 12.3. The molecule has 1 saturated heterocycles. The number of hydrogen-bond donors (Lipinski definition) is 1. The van der Waals surface area contributed by atoms with Gasteiger partial charge in [-0.15, -0.1) is 0 Å². The second kappa shape index (κ2) is 9.46. The Kier molecular flexibility index (Phi) is 7.23. The second-order valence-corrected chi connectivity index (χ2v) is 6.01. The van der Waals surface area contributed by atoms with Crippen molar-refractivity contribution in [1.29, 1.82) is 0 Å². The monoisotopic (exact) mass is 303 g/mol. The molecular weight excluding hydrogens is 274 g/mol. The van der Waals surface area contributed by atoms with Crippen LogP contribution in [0.1, 0.15) is 38.5 Å². The average Bonchev–Trinajstić information content (AvgIpc) is 2.81. The van der Waals surface area contributed by atoms with E-state index in [9.17, 15) is 4.79 Å². The van der Waals surface area contributed by atoms with Gasteiger partial charge in [-0.3, -0.25) is 4.79 Å². The van der Waals surface area contributed by atoms with E-state index in [2.05, 4.69) is 29.2 Å². The van der Waals surface area contributed by atoms with Crippen LogP contribution in [0.5, 0.6) is 0 Å². The number of carbonyl (C=O) groups excluding carboxylic acids is 1. The van der Waals surface area contributed by atoms with E-state index in [0.717, 1.165) is 64.8 Å². The molecule has 0 atom stereocenters. The predicted molar refractivity (Wildman–Crippen MR) is 92.0 cm³/mol. The van der Waals surface area contributed by atoms with Gasteiger partial charge < -0.3 is 15.5 Å². The minimum absolute atomic E-state index is 0.322. The minimum Gasteiger partial charge on any atom is -0.370 e. The van der Waals surface area contributed by atoms with Gasteiger partial charge in [0.2, 0.25) is 5.91 Å². The third-order valence-electron chi connectivity index (χ3n) is 4.31. The third kappa shape index (κ3) is 5.34. The molecule has 4 nitrogen and oxygen atoms in total. The topological polar surface area (TPSA) is 49.6 Å². The summed E-state index contributed by atoms with van der Waals surface area (Å²) in [6, 6.07) is 10.5. The molecule has 0 bridgehead atoms. The summed E-state index contributed by atoms with van der Waals surface area (Å²) in [5.41, 5.74) is 6.75. The van der Waals surface area contributed by atoms with Crippen LogP contribution in [-0.2, 0) is 4.79 Å². The fraction of sp³-hybridized carbons (Fsp3) is 0.611. The fourth-order valence-corrected chi connectivity index (χ4v) is 3.00. The van der Waals surface area contributed by atoms with Crippen LogP contribution >= 0.6 is 0 Å². The molecule has 1 aromatic rings. The first kappa shape index (κ1) is 16.8. The second-order valence-electron chi connectivity index (χ2n) is 6.01. The molecule has 22 heavy (non-hydrogen) atoms. The van der Waals surface area contributed by atoms with Crippen LogP contribution in [0.25, 0.3) is 0 Å². The van der Waals surface area contributed by atoms with Crippen molar-refractivity contribution in [3.63, 3.8) is 0 Å². The summed E-state index contributed by atoms with van der Waals surface area (Å²) < 4.78 is 0. The Hall–Kier alpha value is -1.55. The molecule has 1 amide bonds. The van der Waals surface area contributed by atoms with E-state index in [4.69, 9.17) is 5.73 Å². The first-order valence-electron chi connectivity index (χ1n) is 8.59. The quantitative estimate of drug-likeness (QED) is 0.788. The van der Waals surface area contributed by atoms with E-state index in [1.54, 1.807) is 0 Å². The van der Waals surface area contributed by atoms with E-state index in [1.807, 2.05) is 11.0 Å². The summed E-state index contributed by atoms with van der Waals surface area (Å²) in [5, 5.41) is 0. The summed E-state index contributed by atoms with van der Waals surface area (Å²) >= 11 is 0. The molecule has 0 radical (unpaired) electrons. The normalized spacial score (nSPS) is 15.7. The van der Waals surface area contributed by atoms with Crippen LogP contribution in [0.3, 0.4) is 0 Å². The molecule has 2 rings (SSSR count). The van der Waals surface area contributed by atoms with Gasteiger partial charge in [0.25, 0.3) is 0 Å². The van der Waals surface area contributed by atoms with Crippen molar-refractivity contribution in [2.24, 2.45) is 5.73 Å². The van der Waals surface area contributed by atoms with Crippen molar-refractivity contribution in [2.75, 3.05) is 37.6 Å². The fourth-order valence-electron chi connectivity index (χ4n) is 3.00. The van der Waals surface area contributed by atoms with Crippen LogP contribution in [0.2, 0.25) is 0 Å². The van der Waals surface area contributed by atoms with Gasteiger partial charge in [0.15, 0.2) is 0 Å². The first-order chi connectivity index (χ1) is 10.8. The number of benzene rings is 1. The maximum atomic E-state index is 12.3. The van der Waals surface area contributed by atoms with E-state index >= 15 is 0 Å². The average molecular weight is 303 g/mol. The minimum atomic E-state index is 0.322. The predicted octanol–water partition coefficient (Wildman–Crippen LogP) is 2.63. The summed E-state index contributed by atoms with van der Waals surface area (Å²) in [6.07, 6.45) is 6.07. The van der Waals surface area contributed by atoms with Gasteiger partial charge in [-0.1, -0.05) is 31.0 Å². The standard InChI is InChI=1S/C18H29N3O/c19-12-7-2-1-6-11-18(22)21-14-8-13-20(15-16-21)17-9-4-3-5-10-17/h3-5,9-10H,1-2,6-8,11-16,19H2. The van der Waals surface area contributed by atoms with Crippen LogP contribution < -0.4 is 10.6 Å². The molecule has 0 saturated carbocycles. The highest BCUT2D eigenvalue weighted by Crippen LogP contribution is 2.16. The summed E-state index contributed by atoms with van der Waals surface area (Å²) in [7, 11) is 0. The molecule has 0 aromatic heterocycles. The third-order valence-corrected chi connectivity index (χ3v) is 4.31. The number of amides is 1. The van der Waals surface area contributed by atoms with E-state index in [0.29, 0.717) is 12.3 Å². The zero-order valence-electron chi connectivity index (χ0n) is 13.5. The number of carbonyl (C=O) groups is 1. The van der Waals surface area contributed by atoms with E-state index < -0.39 is 0 Å². The Morgan fingerprint density at radius 2 is 1.73 bits per heavy atom. The lowest BCUT2D eigenvalue weighted by Gasteiger charge is -2.23. The van der Waals surface area contributed by atoms with Crippen LogP contribution in [0.15, 0.2) is 30.3 Å². The van der Waals surface area contributed by atoms with E-state index in [-0.39, 0.29) is 0 Å². The van der Waals surface area contributed by atoms with Gasteiger partial charge in [0.1, 0.15) is 0 Å². The van der Waals surface area contributed by atoms with Gasteiger partial charge >= 0.3 is 0 Å². The van der Waals surface area contributed by atoms with Crippen LogP contribution in [0.4, 0.5) is 5.69 Å². The number of anilines is 1. The molecule has 2 N–H and O–H groups in total. The summed E-state index contributed by atoms with van der Waals surface area (Å²) in [4.78, 5) is 16.7. The SMILES string of the molecule is NCCCCCCC(=O)N1CCCN(c2ccccc2)CC1.